The maximum atomic E-state index is 14.9. The lowest BCUT2D eigenvalue weighted by atomic mass is 9.83. The zero-order valence-electron chi connectivity index (χ0n) is 36.0. The number of likely N-dealkylation sites (N-methyl/N-ethyl adjacent to an activating group) is 1. The van der Waals surface area contributed by atoms with Crippen LogP contribution in [0.2, 0.25) is 0 Å². The number of imidazole rings is 1. The summed E-state index contributed by atoms with van der Waals surface area (Å²) in [6.45, 7) is 9.18. The minimum absolute atomic E-state index is 0.00704. The van der Waals surface area contributed by atoms with Crippen LogP contribution < -0.4 is 10.6 Å². The molecule has 2 aliphatic heterocycles. The highest BCUT2D eigenvalue weighted by Crippen LogP contribution is 2.38. The Labute approximate surface area is 352 Å². The maximum Gasteiger partial charge on any atom is 0.245 e. The Morgan fingerprint density at radius 1 is 0.850 bits per heavy atom. The van der Waals surface area contributed by atoms with Crippen LogP contribution in [0.25, 0.3) is 33.5 Å². The van der Waals surface area contributed by atoms with E-state index in [9.17, 15) is 28.0 Å². The third-order valence-electron chi connectivity index (χ3n) is 13.9. The summed E-state index contributed by atoms with van der Waals surface area (Å²) in [5.41, 5.74) is 3.29. The van der Waals surface area contributed by atoms with Crippen molar-refractivity contribution in [1.29, 1.82) is 0 Å². The quantitative estimate of drug-likeness (QED) is 0.106. The molecule has 324 valence electrons. The molecule has 13 heteroatoms. The molecule has 0 spiro atoms. The van der Waals surface area contributed by atoms with Crippen LogP contribution in [-0.4, -0.2) is 92.1 Å². The van der Waals surface area contributed by atoms with Crippen LogP contribution >= 0.6 is 0 Å². The molecule has 4 aromatic rings. The van der Waals surface area contributed by atoms with Gasteiger partial charge in [0.15, 0.2) is 5.82 Å². The van der Waals surface area contributed by atoms with Gasteiger partial charge in [0.2, 0.25) is 17.7 Å². The molecule has 6 unspecified atom stereocenters. The first kappa shape index (κ1) is 43.4. The Balaban J connectivity index is 1.24. The number of halogens is 2. The van der Waals surface area contributed by atoms with E-state index in [0.29, 0.717) is 67.0 Å². The Morgan fingerprint density at radius 3 is 2.23 bits per heavy atom. The molecule has 2 saturated heterocycles. The highest BCUT2D eigenvalue weighted by atomic mass is 19.1. The lowest BCUT2D eigenvalue weighted by molar-refractivity contribution is -0.140. The van der Waals surface area contributed by atoms with E-state index in [0.717, 1.165) is 68.7 Å². The smallest absolute Gasteiger partial charge is 0.245 e. The summed E-state index contributed by atoms with van der Waals surface area (Å²) in [7, 11) is 1.74. The van der Waals surface area contributed by atoms with Crippen LogP contribution in [-0.2, 0) is 32.1 Å². The SMILES string of the molecule is CCC(C)C(=O)NC(C(=O)N1CCCC1Cn1c(-c2[nH]c3cc(F)ccc3c2CC2CCCN2C(=O)C(CC)CC(=O)C(C)NC)nc2cc(F)ccc21)C1CCCCC1. The van der Waals surface area contributed by atoms with E-state index in [1.807, 2.05) is 37.5 Å². The Hall–Kier alpha value is -4.65. The summed E-state index contributed by atoms with van der Waals surface area (Å²) >= 11 is 0. The van der Waals surface area contributed by atoms with Gasteiger partial charge in [0.25, 0.3) is 0 Å². The van der Waals surface area contributed by atoms with E-state index < -0.39 is 23.6 Å². The Bertz CT molecular complexity index is 2190. The van der Waals surface area contributed by atoms with Crippen molar-refractivity contribution in [3.05, 3.63) is 53.6 Å². The fourth-order valence-corrected chi connectivity index (χ4v) is 9.94. The van der Waals surface area contributed by atoms with E-state index in [2.05, 4.69) is 20.2 Å². The molecule has 11 nitrogen and oxygen atoms in total. The maximum absolute atomic E-state index is 14.9. The number of aromatic amines is 1. The van der Waals surface area contributed by atoms with Crippen molar-refractivity contribution in [2.45, 2.75) is 142 Å². The van der Waals surface area contributed by atoms with Crippen LogP contribution in [0, 0.1) is 29.4 Å². The lowest BCUT2D eigenvalue weighted by Gasteiger charge is -2.35. The molecule has 3 fully saturated rings. The largest absolute Gasteiger partial charge is 0.352 e. The summed E-state index contributed by atoms with van der Waals surface area (Å²) < 4.78 is 31.8. The van der Waals surface area contributed by atoms with Crippen molar-refractivity contribution in [3.63, 3.8) is 0 Å². The topological polar surface area (TPSA) is 132 Å². The number of nitrogens with zero attached hydrogens (tertiary/aromatic N) is 4. The number of hydrogen-bond acceptors (Lipinski definition) is 6. The number of hydrogen-bond donors (Lipinski definition) is 3. The van der Waals surface area contributed by atoms with Gasteiger partial charge in [-0.25, -0.2) is 13.8 Å². The number of fused-ring (bicyclic) bond motifs is 2. The van der Waals surface area contributed by atoms with Gasteiger partial charge in [0, 0.05) is 66.9 Å². The number of benzene rings is 2. The molecule has 3 aliphatic rings. The van der Waals surface area contributed by atoms with Crippen LogP contribution in [0.15, 0.2) is 36.4 Å². The zero-order chi connectivity index (χ0) is 42.7. The van der Waals surface area contributed by atoms with Crippen molar-refractivity contribution >= 4 is 45.4 Å². The van der Waals surface area contributed by atoms with Gasteiger partial charge in [-0.3, -0.25) is 19.2 Å². The van der Waals surface area contributed by atoms with Crippen molar-refractivity contribution in [1.82, 2.24) is 35.0 Å². The number of aromatic nitrogens is 3. The molecule has 4 heterocycles. The predicted octanol–water partition coefficient (Wildman–Crippen LogP) is 7.69. The van der Waals surface area contributed by atoms with Gasteiger partial charge < -0.3 is 30.0 Å². The molecular formula is C47H63F2N7O4. The fourth-order valence-electron chi connectivity index (χ4n) is 9.94. The van der Waals surface area contributed by atoms with Gasteiger partial charge in [-0.2, -0.15) is 0 Å². The van der Waals surface area contributed by atoms with E-state index in [4.69, 9.17) is 4.98 Å². The lowest BCUT2D eigenvalue weighted by Crippen LogP contribution is -2.55. The average Bonchev–Trinajstić information content (AvgIpc) is 4.07. The first-order chi connectivity index (χ1) is 28.9. The van der Waals surface area contributed by atoms with Gasteiger partial charge in [-0.15, -0.1) is 0 Å². The molecule has 1 saturated carbocycles. The number of carbonyl (C=O) groups excluding carboxylic acids is 4. The van der Waals surface area contributed by atoms with E-state index in [-0.39, 0.29) is 59.9 Å². The second-order valence-electron chi connectivity index (χ2n) is 17.7. The third-order valence-corrected chi connectivity index (χ3v) is 13.9. The number of ketones is 1. The number of nitrogens with one attached hydrogen (secondary N) is 3. The summed E-state index contributed by atoms with van der Waals surface area (Å²) in [6.07, 6.45) is 10.0. The van der Waals surface area contributed by atoms with Gasteiger partial charge >= 0.3 is 0 Å². The van der Waals surface area contributed by atoms with Gasteiger partial charge in [-0.1, -0.05) is 40.0 Å². The summed E-state index contributed by atoms with van der Waals surface area (Å²) in [4.78, 5) is 67.5. The summed E-state index contributed by atoms with van der Waals surface area (Å²) in [6, 6.07) is 7.91. The molecule has 2 aromatic heterocycles. The highest BCUT2D eigenvalue weighted by Gasteiger charge is 2.40. The Morgan fingerprint density at radius 2 is 1.53 bits per heavy atom. The molecule has 60 heavy (non-hydrogen) atoms. The zero-order valence-corrected chi connectivity index (χ0v) is 36.0. The average molecular weight is 828 g/mol. The molecule has 0 bridgehead atoms. The number of likely N-dealkylation sites (tertiary alicyclic amines) is 2. The van der Waals surface area contributed by atoms with Crippen molar-refractivity contribution in [2.75, 3.05) is 20.1 Å². The standard InChI is InChI=1S/C47H63F2N7O4/c1-6-28(3)45(58)53-42(31-13-9-8-10-14-31)47(60)55-22-12-16-35(55)27-56-40-20-18-33(49)25-39(40)52-44(56)43-37(36-19-17-32(48)24-38(36)51-43)26-34-15-11-21-54(34)46(59)30(7-2)23-41(57)29(4)50-5/h17-20,24-25,28-31,34-35,42,50-51H,6-16,21-23,26-27H2,1-5H3,(H,53,58). The molecule has 1 aliphatic carbocycles. The van der Waals surface area contributed by atoms with Gasteiger partial charge in [-0.05, 0) is 114 Å². The van der Waals surface area contributed by atoms with E-state index in [1.54, 1.807) is 19.2 Å². The second kappa shape index (κ2) is 19.0. The normalized spacial score (nSPS) is 20.8. The molecule has 3 N–H and O–H groups in total. The Kier molecular flexibility index (Phi) is 13.7. The number of amides is 3. The second-order valence-corrected chi connectivity index (χ2v) is 17.7. The summed E-state index contributed by atoms with van der Waals surface area (Å²) in [5, 5.41) is 7.00. The van der Waals surface area contributed by atoms with Crippen molar-refractivity contribution < 1.29 is 28.0 Å². The molecule has 0 radical (unpaired) electrons. The molecule has 6 atom stereocenters. The van der Waals surface area contributed by atoms with Crippen molar-refractivity contribution in [2.24, 2.45) is 17.8 Å². The molecule has 3 amide bonds. The van der Waals surface area contributed by atoms with Crippen LogP contribution in [0.3, 0.4) is 0 Å². The molecule has 2 aromatic carbocycles. The first-order valence-corrected chi connectivity index (χ1v) is 22.5. The van der Waals surface area contributed by atoms with Gasteiger partial charge in [0.1, 0.15) is 23.5 Å². The number of Topliss-reactive ketones (excluding diaryl/α,β-unsaturated/α-hetero) is 1. The third kappa shape index (κ3) is 9.02. The predicted molar refractivity (Wildman–Crippen MR) is 230 cm³/mol. The number of H-pyrrole nitrogens is 1. The number of rotatable bonds is 16. The first-order valence-electron chi connectivity index (χ1n) is 22.5. The number of carbonyl (C=O) groups is 4. The van der Waals surface area contributed by atoms with E-state index >= 15 is 0 Å². The highest BCUT2D eigenvalue weighted by molar-refractivity contribution is 5.93. The summed E-state index contributed by atoms with van der Waals surface area (Å²) in [5.74, 6) is -0.965. The monoisotopic (exact) mass is 827 g/mol. The minimum atomic E-state index is -0.593. The van der Waals surface area contributed by atoms with Crippen LogP contribution in [0.4, 0.5) is 8.78 Å². The van der Waals surface area contributed by atoms with Crippen LogP contribution in [0.5, 0.6) is 0 Å². The molecule has 7 rings (SSSR count). The fraction of sp³-hybridized carbons (Fsp3) is 0.596. The molecular weight excluding hydrogens is 765 g/mol. The van der Waals surface area contributed by atoms with Crippen LogP contribution in [0.1, 0.15) is 110 Å². The van der Waals surface area contributed by atoms with E-state index in [1.165, 1.54) is 24.3 Å². The van der Waals surface area contributed by atoms with Gasteiger partial charge in [0.05, 0.1) is 22.8 Å². The minimum Gasteiger partial charge on any atom is -0.352 e. The van der Waals surface area contributed by atoms with Crippen molar-refractivity contribution in [3.8, 4) is 11.5 Å².